The standard InChI is InChI=1S/C25H21N7O2/c26-22-10-8-18(14-27-22)21-9-11-23(33)32(31-21)15-16-4-3-5-17(12-16)24(34)30-25-28-19-6-1-2-7-20(13-19)29-25/h1-14,19H,15H2,(H2,26,27)(H2,28,29,30,34). The van der Waals surface area contributed by atoms with Crippen LogP contribution in [0.4, 0.5) is 5.82 Å². The number of carbonyl (C=O) groups is 1. The highest BCUT2D eigenvalue weighted by Gasteiger charge is 2.16. The highest BCUT2D eigenvalue weighted by molar-refractivity contribution is 6.06. The van der Waals surface area contributed by atoms with Crippen LogP contribution in [-0.2, 0) is 6.54 Å². The summed E-state index contributed by atoms with van der Waals surface area (Å²) in [4.78, 5) is 33.8. The number of anilines is 1. The third kappa shape index (κ3) is 4.68. The minimum Gasteiger partial charge on any atom is -0.384 e. The Hall–Kier alpha value is -4.79. The lowest BCUT2D eigenvalue weighted by Crippen LogP contribution is -2.42. The summed E-state index contributed by atoms with van der Waals surface area (Å²) in [5, 5.41) is 10.4. The number of hydrogen-bond donors (Lipinski definition) is 3. The Labute approximate surface area is 195 Å². The van der Waals surface area contributed by atoms with Crippen LogP contribution in [0.15, 0.2) is 101 Å². The maximum atomic E-state index is 12.9. The van der Waals surface area contributed by atoms with Gasteiger partial charge in [0.25, 0.3) is 11.5 Å². The van der Waals surface area contributed by atoms with E-state index in [-0.39, 0.29) is 24.1 Å². The number of nitrogens with zero attached hydrogens (tertiary/aromatic N) is 4. The van der Waals surface area contributed by atoms with E-state index in [1.807, 2.05) is 36.4 Å². The van der Waals surface area contributed by atoms with Crippen LogP contribution >= 0.6 is 0 Å². The highest BCUT2D eigenvalue weighted by atomic mass is 16.2. The van der Waals surface area contributed by atoms with Crippen molar-refractivity contribution >= 4 is 17.7 Å². The van der Waals surface area contributed by atoms with Gasteiger partial charge in [-0.3, -0.25) is 14.9 Å². The molecule has 0 radical (unpaired) electrons. The summed E-state index contributed by atoms with van der Waals surface area (Å²) >= 11 is 0. The molecule has 1 aliphatic carbocycles. The Kier molecular flexibility index (Phi) is 5.57. The molecule has 3 heterocycles. The van der Waals surface area contributed by atoms with Crippen LogP contribution in [0, 0.1) is 0 Å². The van der Waals surface area contributed by atoms with Crippen LogP contribution in [-0.4, -0.2) is 32.7 Å². The van der Waals surface area contributed by atoms with Crippen molar-refractivity contribution in [3.05, 3.63) is 112 Å². The number of nitrogen functional groups attached to an aromatic ring is 1. The second kappa shape index (κ2) is 8.99. The molecular weight excluding hydrogens is 430 g/mol. The van der Waals surface area contributed by atoms with Crippen molar-refractivity contribution in [1.29, 1.82) is 0 Å². The predicted octanol–water partition coefficient (Wildman–Crippen LogP) is 2.00. The number of aromatic nitrogens is 3. The maximum absolute atomic E-state index is 12.9. The van der Waals surface area contributed by atoms with Crippen molar-refractivity contribution in [2.75, 3.05) is 5.73 Å². The molecule has 0 spiro atoms. The molecule has 1 amide bonds. The Balaban J connectivity index is 1.33. The van der Waals surface area contributed by atoms with E-state index in [9.17, 15) is 9.59 Å². The minimum absolute atomic E-state index is 0.130. The topological polar surface area (TPSA) is 127 Å². The van der Waals surface area contributed by atoms with Gasteiger partial charge in [0.15, 0.2) is 0 Å². The quantitative estimate of drug-likeness (QED) is 0.557. The molecule has 1 atom stereocenters. The molecule has 9 nitrogen and oxygen atoms in total. The van der Waals surface area contributed by atoms with Crippen LogP contribution in [0.1, 0.15) is 15.9 Å². The van der Waals surface area contributed by atoms with Crippen LogP contribution in [0.2, 0.25) is 0 Å². The molecule has 0 saturated carbocycles. The van der Waals surface area contributed by atoms with Crippen LogP contribution in [0.25, 0.3) is 11.3 Å². The van der Waals surface area contributed by atoms with Gasteiger partial charge < -0.3 is 11.1 Å². The monoisotopic (exact) mass is 451 g/mol. The molecule has 1 aromatic carbocycles. The number of rotatable bonds is 4. The number of guanidine groups is 1. The first-order valence-electron chi connectivity index (χ1n) is 10.7. The average molecular weight is 451 g/mol. The molecule has 1 aliphatic heterocycles. The van der Waals surface area contributed by atoms with Crippen molar-refractivity contribution < 1.29 is 4.79 Å². The molecule has 5 rings (SSSR count). The van der Waals surface area contributed by atoms with E-state index in [0.29, 0.717) is 23.0 Å². The smallest absolute Gasteiger partial charge is 0.267 e. The summed E-state index contributed by atoms with van der Waals surface area (Å²) in [6.45, 7) is 0.208. The fourth-order valence-corrected chi connectivity index (χ4v) is 3.61. The maximum Gasteiger partial charge on any atom is 0.267 e. The van der Waals surface area contributed by atoms with Gasteiger partial charge in [-0.05, 0) is 48.0 Å². The summed E-state index contributed by atoms with van der Waals surface area (Å²) < 4.78 is 1.35. The Morgan fingerprint density at radius 1 is 1.15 bits per heavy atom. The molecule has 2 bridgehead atoms. The van der Waals surface area contributed by atoms with Gasteiger partial charge >= 0.3 is 0 Å². The van der Waals surface area contributed by atoms with Gasteiger partial charge in [-0.2, -0.15) is 5.10 Å². The minimum atomic E-state index is -0.303. The van der Waals surface area contributed by atoms with Crippen LogP contribution in [0.3, 0.4) is 0 Å². The number of carbonyl (C=O) groups excluding carboxylic acids is 1. The van der Waals surface area contributed by atoms with Crippen LogP contribution < -0.4 is 21.9 Å². The van der Waals surface area contributed by atoms with Crippen molar-refractivity contribution in [2.24, 2.45) is 4.99 Å². The fourth-order valence-electron chi connectivity index (χ4n) is 3.61. The molecule has 9 heteroatoms. The Morgan fingerprint density at radius 3 is 2.91 bits per heavy atom. The molecular formula is C25H21N7O2. The van der Waals surface area contributed by atoms with E-state index in [4.69, 9.17) is 5.73 Å². The zero-order chi connectivity index (χ0) is 23.5. The first kappa shape index (κ1) is 21.1. The number of benzene rings is 1. The number of nitrogens with one attached hydrogen (secondary N) is 2. The number of aliphatic imine (C=N–C) groups is 1. The van der Waals surface area contributed by atoms with Gasteiger partial charge in [0.05, 0.1) is 18.3 Å². The molecule has 4 N–H and O–H groups in total. The van der Waals surface area contributed by atoms with Gasteiger partial charge in [-0.15, -0.1) is 0 Å². The van der Waals surface area contributed by atoms with Gasteiger partial charge in [-0.25, -0.2) is 14.7 Å². The van der Waals surface area contributed by atoms with Gasteiger partial charge in [0.2, 0.25) is 5.96 Å². The summed E-state index contributed by atoms with van der Waals surface area (Å²) in [5.41, 5.74) is 8.82. The normalized spacial score (nSPS) is 16.2. The lowest BCUT2D eigenvalue weighted by molar-refractivity contribution is 0.0976. The SMILES string of the molecule is Nc1ccc(-c2ccc(=O)n(Cc3cccc(C(=O)NC4=NC5C=CC=CC(=C5)N4)c3)n2)cn1. The number of nitrogens with two attached hydrogens (primary N) is 1. The highest BCUT2D eigenvalue weighted by Crippen LogP contribution is 2.16. The van der Waals surface area contributed by atoms with E-state index in [0.717, 1.165) is 16.8 Å². The summed E-state index contributed by atoms with van der Waals surface area (Å²) in [5.74, 6) is 0.490. The lowest BCUT2D eigenvalue weighted by atomic mass is 10.1. The summed E-state index contributed by atoms with van der Waals surface area (Å²) in [6.07, 6.45) is 11.3. The second-order valence-electron chi connectivity index (χ2n) is 7.80. The molecule has 168 valence electrons. The Bertz CT molecular complexity index is 1430. The van der Waals surface area contributed by atoms with Crippen LogP contribution in [0.5, 0.6) is 0 Å². The van der Waals surface area contributed by atoms with Gasteiger partial charge in [0, 0.05) is 29.1 Å². The zero-order valence-corrected chi connectivity index (χ0v) is 18.1. The summed E-state index contributed by atoms with van der Waals surface area (Å²) in [7, 11) is 0. The molecule has 0 fully saturated rings. The molecule has 2 aromatic heterocycles. The molecule has 0 saturated heterocycles. The number of amides is 1. The van der Waals surface area contributed by atoms with Crippen molar-refractivity contribution in [1.82, 2.24) is 25.4 Å². The number of pyridine rings is 1. The molecule has 34 heavy (non-hydrogen) atoms. The molecule has 3 aromatic rings. The third-order valence-electron chi connectivity index (χ3n) is 5.29. The fraction of sp³-hybridized carbons (Fsp3) is 0.0800. The van der Waals surface area contributed by atoms with Gasteiger partial charge in [-0.1, -0.05) is 30.4 Å². The van der Waals surface area contributed by atoms with E-state index in [1.54, 1.807) is 42.6 Å². The Morgan fingerprint density at radius 2 is 2.06 bits per heavy atom. The van der Waals surface area contributed by atoms with E-state index >= 15 is 0 Å². The first-order valence-corrected chi connectivity index (χ1v) is 10.7. The van der Waals surface area contributed by atoms with E-state index < -0.39 is 0 Å². The van der Waals surface area contributed by atoms with E-state index in [1.165, 1.54) is 10.7 Å². The lowest BCUT2D eigenvalue weighted by Gasteiger charge is -2.18. The predicted molar refractivity (Wildman–Crippen MR) is 130 cm³/mol. The van der Waals surface area contributed by atoms with Crippen molar-refractivity contribution in [3.63, 3.8) is 0 Å². The van der Waals surface area contributed by atoms with Crippen molar-refractivity contribution in [2.45, 2.75) is 12.6 Å². The summed E-state index contributed by atoms with van der Waals surface area (Å²) in [6, 6.07) is 13.5. The van der Waals surface area contributed by atoms with Gasteiger partial charge in [0.1, 0.15) is 5.82 Å². The second-order valence-corrected chi connectivity index (χ2v) is 7.80. The number of allylic oxidation sites excluding steroid dienone is 3. The number of fused-ring (bicyclic) bond motifs is 1. The van der Waals surface area contributed by atoms with E-state index in [2.05, 4.69) is 25.7 Å². The zero-order valence-electron chi connectivity index (χ0n) is 18.1. The molecule has 2 aliphatic rings. The van der Waals surface area contributed by atoms with Crippen molar-refractivity contribution in [3.8, 4) is 11.3 Å². The third-order valence-corrected chi connectivity index (χ3v) is 5.29. The largest absolute Gasteiger partial charge is 0.384 e. The molecule has 1 unspecified atom stereocenters. The average Bonchev–Trinajstić information content (AvgIpc) is 3.01. The number of hydrogen-bond acceptors (Lipinski definition) is 7. The first-order chi connectivity index (χ1) is 16.5.